The minimum Gasteiger partial charge on any atom is -0.396 e. The predicted molar refractivity (Wildman–Crippen MR) is 69.2 cm³/mol. The summed E-state index contributed by atoms with van der Waals surface area (Å²) < 4.78 is 2.23. The maximum Gasteiger partial charge on any atom is 0.0629 e. The molecule has 0 unspecified atom stereocenters. The fraction of sp³-hybridized carbons (Fsp3) is 0.786. The van der Waals surface area contributed by atoms with Crippen molar-refractivity contribution >= 4 is 0 Å². The molecule has 0 aliphatic heterocycles. The summed E-state index contributed by atoms with van der Waals surface area (Å²) in [5, 5.41) is 13.8. The van der Waals surface area contributed by atoms with Crippen molar-refractivity contribution < 1.29 is 5.11 Å². The van der Waals surface area contributed by atoms with Gasteiger partial charge in [-0.2, -0.15) is 5.10 Å². The molecule has 1 aromatic rings. The van der Waals surface area contributed by atoms with Crippen LogP contribution in [-0.4, -0.2) is 21.5 Å². The first-order valence-electron chi connectivity index (χ1n) is 6.89. The molecule has 0 aromatic carbocycles. The standard InChI is InChI=1S/C14H24N2O/c1-11-14(9-10-17)12(2)16(15-11)13-7-5-3-4-6-8-13/h13,17H,3-10H2,1-2H3. The van der Waals surface area contributed by atoms with E-state index >= 15 is 0 Å². The average Bonchev–Trinajstić information content (AvgIpc) is 2.55. The molecule has 0 amide bonds. The van der Waals surface area contributed by atoms with Crippen molar-refractivity contribution in [2.75, 3.05) is 6.61 Å². The van der Waals surface area contributed by atoms with E-state index in [4.69, 9.17) is 10.2 Å². The molecule has 2 rings (SSSR count). The molecule has 0 bridgehead atoms. The van der Waals surface area contributed by atoms with Gasteiger partial charge >= 0.3 is 0 Å². The van der Waals surface area contributed by atoms with Crippen molar-refractivity contribution in [3.05, 3.63) is 17.0 Å². The van der Waals surface area contributed by atoms with E-state index in [1.807, 2.05) is 0 Å². The molecule has 17 heavy (non-hydrogen) atoms. The number of nitrogens with zero attached hydrogens (tertiary/aromatic N) is 2. The van der Waals surface area contributed by atoms with E-state index in [-0.39, 0.29) is 6.61 Å². The van der Waals surface area contributed by atoms with E-state index in [2.05, 4.69) is 18.5 Å². The van der Waals surface area contributed by atoms with Gasteiger partial charge in [0.15, 0.2) is 0 Å². The van der Waals surface area contributed by atoms with Crippen molar-refractivity contribution in [3.63, 3.8) is 0 Å². The molecule has 0 atom stereocenters. The van der Waals surface area contributed by atoms with Gasteiger partial charge in [-0.05, 0) is 38.7 Å². The maximum absolute atomic E-state index is 9.10. The molecule has 96 valence electrons. The zero-order valence-corrected chi connectivity index (χ0v) is 11.1. The minimum atomic E-state index is 0.220. The zero-order chi connectivity index (χ0) is 12.3. The van der Waals surface area contributed by atoms with Crippen molar-refractivity contribution in [2.24, 2.45) is 0 Å². The highest BCUT2D eigenvalue weighted by Gasteiger charge is 2.19. The second-order valence-electron chi connectivity index (χ2n) is 5.21. The predicted octanol–water partition coefficient (Wildman–Crippen LogP) is 2.93. The Kier molecular flexibility index (Phi) is 4.21. The third-order valence-electron chi connectivity index (χ3n) is 4.01. The quantitative estimate of drug-likeness (QED) is 0.819. The van der Waals surface area contributed by atoms with Gasteiger partial charge in [0.25, 0.3) is 0 Å². The Labute approximate surface area is 104 Å². The SMILES string of the molecule is Cc1nn(C2CCCCCC2)c(C)c1CCO. The van der Waals surface area contributed by atoms with Gasteiger partial charge in [-0.3, -0.25) is 4.68 Å². The first-order valence-corrected chi connectivity index (χ1v) is 6.89. The average molecular weight is 236 g/mol. The summed E-state index contributed by atoms with van der Waals surface area (Å²) in [7, 11) is 0. The summed E-state index contributed by atoms with van der Waals surface area (Å²) >= 11 is 0. The van der Waals surface area contributed by atoms with Gasteiger partial charge in [0.1, 0.15) is 0 Å². The van der Waals surface area contributed by atoms with Gasteiger partial charge in [0.05, 0.1) is 11.7 Å². The monoisotopic (exact) mass is 236 g/mol. The van der Waals surface area contributed by atoms with E-state index in [0.717, 1.165) is 12.1 Å². The molecule has 1 aliphatic carbocycles. The molecule has 1 aliphatic rings. The van der Waals surface area contributed by atoms with Gasteiger partial charge in [0.2, 0.25) is 0 Å². The van der Waals surface area contributed by atoms with E-state index < -0.39 is 0 Å². The third-order valence-corrected chi connectivity index (χ3v) is 4.01. The summed E-state index contributed by atoms with van der Waals surface area (Å²) in [5.74, 6) is 0. The summed E-state index contributed by atoms with van der Waals surface area (Å²) in [4.78, 5) is 0. The Hall–Kier alpha value is -0.830. The molecule has 1 fully saturated rings. The first kappa shape index (κ1) is 12.6. The lowest BCUT2D eigenvalue weighted by atomic mass is 10.1. The fourth-order valence-electron chi connectivity index (χ4n) is 3.03. The summed E-state index contributed by atoms with van der Waals surface area (Å²) in [6.45, 7) is 4.43. The van der Waals surface area contributed by atoms with Gasteiger partial charge in [0, 0.05) is 12.3 Å². The lowest BCUT2D eigenvalue weighted by molar-refractivity contribution is 0.299. The van der Waals surface area contributed by atoms with Crippen molar-refractivity contribution in [1.29, 1.82) is 0 Å². The smallest absolute Gasteiger partial charge is 0.0629 e. The zero-order valence-electron chi connectivity index (χ0n) is 11.1. The summed E-state index contributed by atoms with van der Waals surface area (Å²) in [6, 6.07) is 0.587. The number of hydrogen-bond acceptors (Lipinski definition) is 2. The number of aliphatic hydroxyl groups is 1. The van der Waals surface area contributed by atoms with Gasteiger partial charge in [-0.15, -0.1) is 0 Å². The van der Waals surface area contributed by atoms with Crippen LogP contribution < -0.4 is 0 Å². The van der Waals surface area contributed by atoms with Crippen LogP contribution in [0.4, 0.5) is 0 Å². The van der Waals surface area contributed by atoms with Crippen LogP contribution in [0, 0.1) is 13.8 Å². The number of aliphatic hydroxyl groups excluding tert-OH is 1. The molecule has 0 radical (unpaired) electrons. The van der Waals surface area contributed by atoms with E-state index in [9.17, 15) is 0 Å². The molecule has 1 N–H and O–H groups in total. The Morgan fingerprint density at radius 1 is 1.18 bits per heavy atom. The van der Waals surface area contributed by atoms with Crippen LogP contribution in [0.25, 0.3) is 0 Å². The van der Waals surface area contributed by atoms with Gasteiger partial charge in [-0.25, -0.2) is 0 Å². The number of aryl methyl sites for hydroxylation is 1. The molecule has 1 saturated carbocycles. The number of hydrogen-bond donors (Lipinski definition) is 1. The van der Waals surface area contributed by atoms with Gasteiger partial charge in [-0.1, -0.05) is 25.7 Å². The van der Waals surface area contributed by atoms with Crippen molar-refractivity contribution in [1.82, 2.24) is 9.78 Å². The number of rotatable bonds is 3. The molecule has 3 heteroatoms. The normalized spacial score (nSPS) is 18.3. The molecular formula is C14H24N2O. The molecule has 1 aromatic heterocycles. The first-order chi connectivity index (χ1) is 8.24. The van der Waals surface area contributed by atoms with E-state index in [1.165, 1.54) is 49.8 Å². The van der Waals surface area contributed by atoms with Crippen LogP contribution in [0.1, 0.15) is 61.5 Å². The lowest BCUT2D eigenvalue weighted by Crippen LogP contribution is -2.12. The van der Waals surface area contributed by atoms with Gasteiger partial charge < -0.3 is 5.11 Å². The minimum absolute atomic E-state index is 0.220. The van der Waals surface area contributed by atoms with Crippen LogP contribution in [0.2, 0.25) is 0 Å². The second-order valence-corrected chi connectivity index (χ2v) is 5.21. The van der Waals surface area contributed by atoms with Crippen LogP contribution in [0.5, 0.6) is 0 Å². The highest BCUT2D eigenvalue weighted by Crippen LogP contribution is 2.29. The van der Waals surface area contributed by atoms with Crippen molar-refractivity contribution in [3.8, 4) is 0 Å². The molecule has 3 nitrogen and oxygen atoms in total. The Balaban J connectivity index is 2.22. The Bertz CT molecular complexity index is 363. The molecular weight excluding hydrogens is 212 g/mol. The van der Waals surface area contributed by atoms with E-state index in [0.29, 0.717) is 6.04 Å². The second kappa shape index (κ2) is 5.67. The summed E-state index contributed by atoms with van der Waals surface area (Å²) in [5.41, 5.74) is 3.61. The lowest BCUT2D eigenvalue weighted by Gasteiger charge is -2.17. The maximum atomic E-state index is 9.10. The summed E-state index contributed by atoms with van der Waals surface area (Å²) in [6.07, 6.45) is 8.68. The largest absolute Gasteiger partial charge is 0.396 e. The molecule has 0 saturated heterocycles. The highest BCUT2D eigenvalue weighted by atomic mass is 16.2. The molecule has 1 heterocycles. The Morgan fingerprint density at radius 2 is 1.82 bits per heavy atom. The van der Waals surface area contributed by atoms with Crippen molar-refractivity contribution in [2.45, 2.75) is 64.8 Å². The number of aromatic nitrogens is 2. The topological polar surface area (TPSA) is 38.0 Å². The highest BCUT2D eigenvalue weighted by molar-refractivity contribution is 5.25. The van der Waals surface area contributed by atoms with Crippen LogP contribution in [0.15, 0.2) is 0 Å². The van der Waals surface area contributed by atoms with E-state index in [1.54, 1.807) is 0 Å². The molecule has 0 spiro atoms. The Morgan fingerprint density at radius 3 is 2.41 bits per heavy atom. The van der Waals surface area contributed by atoms with Crippen LogP contribution >= 0.6 is 0 Å². The third kappa shape index (κ3) is 2.71. The van der Waals surface area contributed by atoms with Crippen LogP contribution in [0.3, 0.4) is 0 Å². The van der Waals surface area contributed by atoms with Crippen LogP contribution in [-0.2, 0) is 6.42 Å². The fourth-order valence-corrected chi connectivity index (χ4v) is 3.03.